The van der Waals surface area contributed by atoms with E-state index in [1.54, 1.807) is 35.3 Å². The Kier molecular flexibility index (Phi) is 4.33. The van der Waals surface area contributed by atoms with Gasteiger partial charge in [-0.2, -0.15) is 0 Å². The standard InChI is InChI=1S/C19H18FNO/c20-18-9-5-4-8-16(18)14-21(17-11-12-17)19(22)13-10-15-6-2-1-3-7-15/h1-10,13,17H,11-12,14H2/b13-10+. The second-order valence-corrected chi connectivity index (χ2v) is 5.53. The molecule has 3 rings (SSSR count). The molecule has 1 aliphatic carbocycles. The van der Waals surface area contributed by atoms with Gasteiger partial charge in [-0.05, 0) is 30.5 Å². The van der Waals surface area contributed by atoms with Crippen LogP contribution in [0, 0.1) is 5.82 Å². The first-order valence-corrected chi connectivity index (χ1v) is 7.51. The van der Waals surface area contributed by atoms with Crippen LogP contribution in [0.3, 0.4) is 0 Å². The Morgan fingerprint density at radius 2 is 1.77 bits per heavy atom. The smallest absolute Gasteiger partial charge is 0.247 e. The zero-order valence-electron chi connectivity index (χ0n) is 12.3. The van der Waals surface area contributed by atoms with E-state index >= 15 is 0 Å². The molecule has 0 unspecified atom stereocenters. The Morgan fingerprint density at radius 1 is 1.09 bits per heavy atom. The van der Waals surface area contributed by atoms with Gasteiger partial charge < -0.3 is 4.90 Å². The van der Waals surface area contributed by atoms with Gasteiger partial charge in [-0.25, -0.2) is 4.39 Å². The predicted octanol–water partition coefficient (Wildman–Crippen LogP) is 4.03. The molecule has 0 saturated heterocycles. The van der Waals surface area contributed by atoms with Crippen molar-refractivity contribution in [3.8, 4) is 0 Å². The minimum Gasteiger partial charge on any atom is -0.332 e. The van der Waals surface area contributed by atoms with E-state index in [4.69, 9.17) is 0 Å². The van der Waals surface area contributed by atoms with Crippen molar-refractivity contribution >= 4 is 12.0 Å². The summed E-state index contributed by atoms with van der Waals surface area (Å²) in [5.74, 6) is -0.317. The fourth-order valence-corrected chi connectivity index (χ4v) is 2.41. The first kappa shape index (κ1) is 14.5. The highest BCUT2D eigenvalue weighted by Gasteiger charge is 2.31. The summed E-state index contributed by atoms with van der Waals surface area (Å²) in [6.45, 7) is 0.329. The zero-order chi connectivity index (χ0) is 15.4. The van der Waals surface area contributed by atoms with Crippen molar-refractivity contribution in [2.45, 2.75) is 25.4 Å². The number of carbonyl (C=O) groups is 1. The van der Waals surface area contributed by atoms with Crippen LogP contribution < -0.4 is 0 Å². The number of hydrogen-bond donors (Lipinski definition) is 0. The van der Waals surface area contributed by atoms with E-state index < -0.39 is 0 Å². The highest BCUT2D eigenvalue weighted by atomic mass is 19.1. The van der Waals surface area contributed by atoms with Gasteiger partial charge in [-0.15, -0.1) is 0 Å². The Hall–Kier alpha value is -2.42. The largest absolute Gasteiger partial charge is 0.332 e. The summed E-state index contributed by atoms with van der Waals surface area (Å²) in [6, 6.07) is 16.6. The number of carbonyl (C=O) groups excluding carboxylic acids is 1. The Labute approximate surface area is 129 Å². The van der Waals surface area contributed by atoms with Crippen molar-refractivity contribution in [1.29, 1.82) is 0 Å². The average molecular weight is 295 g/mol. The molecule has 1 aliphatic rings. The van der Waals surface area contributed by atoms with Crippen LogP contribution in [-0.2, 0) is 11.3 Å². The fraction of sp³-hybridized carbons (Fsp3) is 0.211. The van der Waals surface area contributed by atoms with Crippen molar-refractivity contribution in [2.24, 2.45) is 0 Å². The maximum atomic E-state index is 13.8. The highest BCUT2D eigenvalue weighted by molar-refractivity contribution is 5.92. The summed E-state index contributed by atoms with van der Waals surface area (Å²) in [4.78, 5) is 14.2. The molecule has 112 valence electrons. The number of halogens is 1. The van der Waals surface area contributed by atoms with Crippen molar-refractivity contribution in [3.63, 3.8) is 0 Å². The summed E-state index contributed by atoms with van der Waals surface area (Å²) in [5, 5.41) is 0. The molecule has 0 aromatic heterocycles. The maximum absolute atomic E-state index is 13.8. The van der Waals surface area contributed by atoms with E-state index in [-0.39, 0.29) is 17.8 Å². The van der Waals surface area contributed by atoms with Gasteiger partial charge in [0.25, 0.3) is 0 Å². The summed E-state index contributed by atoms with van der Waals surface area (Å²) in [6.07, 6.45) is 5.38. The Morgan fingerprint density at radius 3 is 2.45 bits per heavy atom. The van der Waals surface area contributed by atoms with Crippen LogP contribution in [0.1, 0.15) is 24.0 Å². The van der Waals surface area contributed by atoms with Crippen molar-refractivity contribution in [1.82, 2.24) is 4.90 Å². The molecule has 2 aromatic rings. The van der Waals surface area contributed by atoms with Gasteiger partial charge in [0, 0.05) is 24.2 Å². The molecular weight excluding hydrogens is 277 g/mol. The van der Waals surface area contributed by atoms with Crippen LogP contribution in [0.2, 0.25) is 0 Å². The lowest BCUT2D eigenvalue weighted by Gasteiger charge is -2.21. The van der Waals surface area contributed by atoms with Gasteiger partial charge in [0.05, 0.1) is 0 Å². The quantitative estimate of drug-likeness (QED) is 0.763. The van der Waals surface area contributed by atoms with Gasteiger partial charge in [0.2, 0.25) is 5.91 Å². The third-order valence-corrected chi connectivity index (χ3v) is 3.79. The number of amides is 1. The monoisotopic (exact) mass is 295 g/mol. The van der Waals surface area contributed by atoms with Crippen LogP contribution >= 0.6 is 0 Å². The van der Waals surface area contributed by atoms with Crippen LogP contribution in [0.5, 0.6) is 0 Å². The van der Waals surface area contributed by atoms with Gasteiger partial charge in [0.1, 0.15) is 5.82 Å². The molecule has 2 nitrogen and oxygen atoms in total. The molecule has 22 heavy (non-hydrogen) atoms. The minimum absolute atomic E-state index is 0.0605. The molecule has 0 N–H and O–H groups in total. The molecule has 0 atom stereocenters. The molecule has 0 radical (unpaired) electrons. The fourth-order valence-electron chi connectivity index (χ4n) is 2.41. The molecule has 3 heteroatoms. The van der Waals surface area contributed by atoms with E-state index in [0.717, 1.165) is 18.4 Å². The van der Waals surface area contributed by atoms with E-state index in [2.05, 4.69) is 0 Å². The second kappa shape index (κ2) is 6.56. The summed E-state index contributed by atoms with van der Waals surface area (Å²) < 4.78 is 13.8. The normalized spacial score (nSPS) is 14.2. The predicted molar refractivity (Wildman–Crippen MR) is 85.4 cm³/mol. The third-order valence-electron chi connectivity index (χ3n) is 3.79. The molecule has 0 bridgehead atoms. The minimum atomic E-state index is -0.256. The van der Waals surface area contributed by atoms with Crippen LogP contribution in [0.4, 0.5) is 4.39 Å². The molecule has 1 fully saturated rings. The molecule has 0 aliphatic heterocycles. The molecule has 1 amide bonds. The maximum Gasteiger partial charge on any atom is 0.247 e. The molecule has 0 spiro atoms. The van der Waals surface area contributed by atoms with Gasteiger partial charge in [-0.1, -0.05) is 48.5 Å². The molecule has 1 saturated carbocycles. The third kappa shape index (κ3) is 3.61. The van der Waals surface area contributed by atoms with Crippen LogP contribution in [-0.4, -0.2) is 16.8 Å². The summed E-state index contributed by atoms with van der Waals surface area (Å²) >= 11 is 0. The number of hydrogen-bond acceptors (Lipinski definition) is 1. The first-order chi connectivity index (χ1) is 10.7. The summed E-state index contributed by atoms with van der Waals surface area (Å²) in [5.41, 5.74) is 1.55. The lowest BCUT2D eigenvalue weighted by Crippen LogP contribution is -2.31. The van der Waals surface area contributed by atoms with Crippen LogP contribution in [0.15, 0.2) is 60.7 Å². The van der Waals surface area contributed by atoms with E-state index in [9.17, 15) is 9.18 Å². The van der Waals surface area contributed by atoms with Crippen molar-refractivity contribution in [2.75, 3.05) is 0 Å². The lowest BCUT2D eigenvalue weighted by atomic mass is 10.2. The second-order valence-electron chi connectivity index (χ2n) is 5.53. The number of benzene rings is 2. The first-order valence-electron chi connectivity index (χ1n) is 7.51. The number of nitrogens with zero attached hydrogens (tertiary/aromatic N) is 1. The molecule has 2 aromatic carbocycles. The Bertz CT molecular complexity index is 677. The SMILES string of the molecule is O=C(/C=C/c1ccccc1)N(Cc1ccccc1F)C1CC1. The molecule has 0 heterocycles. The van der Waals surface area contributed by atoms with Crippen LogP contribution in [0.25, 0.3) is 6.08 Å². The summed E-state index contributed by atoms with van der Waals surface area (Å²) in [7, 11) is 0. The van der Waals surface area contributed by atoms with E-state index in [0.29, 0.717) is 12.1 Å². The van der Waals surface area contributed by atoms with E-state index in [1.165, 1.54) is 6.07 Å². The molecular formula is C19H18FNO. The van der Waals surface area contributed by atoms with Crippen molar-refractivity contribution < 1.29 is 9.18 Å². The van der Waals surface area contributed by atoms with Gasteiger partial charge >= 0.3 is 0 Å². The number of rotatable bonds is 5. The average Bonchev–Trinajstić information content (AvgIpc) is 3.37. The lowest BCUT2D eigenvalue weighted by molar-refractivity contribution is -0.127. The van der Waals surface area contributed by atoms with Gasteiger partial charge in [0.15, 0.2) is 0 Å². The Balaban J connectivity index is 1.73. The van der Waals surface area contributed by atoms with E-state index in [1.807, 2.05) is 30.3 Å². The highest BCUT2D eigenvalue weighted by Crippen LogP contribution is 2.29. The van der Waals surface area contributed by atoms with Crippen molar-refractivity contribution in [3.05, 3.63) is 77.6 Å². The topological polar surface area (TPSA) is 20.3 Å². The zero-order valence-corrected chi connectivity index (χ0v) is 12.3. The van der Waals surface area contributed by atoms with Gasteiger partial charge in [-0.3, -0.25) is 4.79 Å².